The van der Waals surface area contributed by atoms with Crippen molar-refractivity contribution in [1.82, 2.24) is 14.8 Å². The highest BCUT2D eigenvalue weighted by Gasteiger charge is 2.16. The summed E-state index contributed by atoms with van der Waals surface area (Å²) in [6.45, 7) is 2.74. The number of fused-ring (bicyclic) bond motifs is 1. The molecule has 7 nitrogen and oxygen atoms in total. The molecule has 0 N–H and O–H groups in total. The Morgan fingerprint density at radius 3 is 2.85 bits per heavy atom. The molecule has 0 fully saturated rings. The molecule has 0 saturated carbocycles. The molecule has 0 unspecified atom stereocenters. The maximum absolute atomic E-state index is 11.9. The zero-order valence-corrected chi connectivity index (χ0v) is 15.7. The second kappa shape index (κ2) is 7.32. The molecule has 3 heterocycles. The van der Waals surface area contributed by atoms with Crippen LogP contribution in [-0.4, -0.2) is 21.9 Å². The number of benzene rings is 1. The molecular weight excluding hydrogens is 366 g/mol. The highest BCUT2D eigenvalue weighted by molar-refractivity contribution is 7.98. The van der Waals surface area contributed by atoms with E-state index in [2.05, 4.69) is 10.2 Å². The van der Waals surface area contributed by atoms with Crippen LogP contribution in [0.25, 0.3) is 22.6 Å². The smallest absolute Gasteiger partial charge is 0.336 e. The van der Waals surface area contributed by atoms with Gasteiger partial charge in [0.1, 0.15) is 11.3 Å². The van der Waals surface area contributed by atoms with Gasteiger partial charge in [-0.2, -0.15) is 0 Å². The molecule has 0 aliphatic heterocycles. The molecule has 0 amide bonds. The van der Waals surface area contributed by atoms with Crippen LogP contribution < -0.4 is 10.4 Å². The van der Waals surface area contributed by atoms with Gasteiger partial charge in [-0.3, -0.25) is 4.57 Å². The fraction of sp³-hybridized carbons (Fsp3) is 0.211. The Balaban J connectivity index is 1.65. The average Bonchev–Trinajstić information content (AvgIpc) is 3.34. The summed E-state index contributed by atoms with van der Waals surface area (Å²) in [6, 6.07) is 10.6. The van der Waals surface area contributed by atoms with Gasteiger partial charge in [0.05, 0.1) is 13.4 Å². The monoisotopic (exact) mass is 383 g/mol. The predicted molar refractivity (Wildman–Crippen MR) is 102 cm³/mol. The molecule has 3 aromatic heterocycles. The van der Waals surface area contributed by atoms with Gasteiger partial charge < -0.3 is 13.6 Å². The van der Waals surface area contributed by atoms with Crippen LogP contribution in [-0.2, 0) is 12.3 Å². The standard InChI is InChI=1S/C19H17N3O4S/c1-3-22-18(15-5-4-8-25-15)20-21-19(22)27-11-12-9-17(23)26-16-10-13(24-2)6-7-14(12)16/h4-10H,3,11H2,1-2H3. The van der Waals surface area contributed by atoms with Gasteiger partial charge >= 0.3 is 5.63 Å². The number of thioether (sulfide) groups is 1. The zero-order valence-electron chi connectivity index (χ0n) is 14.8. The van der Waals surface area contributed by atoms with Crippen molar-refractivity contribution in [2.45, 2.75) is 24.4 Å². The number of ether oxygens (including phenoxy) is 1. The molecule has 0 spiro atoms. The van der Waals surface area contributed by atoms with E-state index < -0.39 is 0 Å². The Bertz CT molecular complexity index is 1130. The van der Waals surface area contributed by atoms with E-state index in [1.54, 1.807) is 19.4 Å². The SMILES string of the molecule is CCn1c(SCc2cc(=O)oc3cc(OC)ccc23)nnc1-c1ccco1. The maximum atomic E-state index is 11.9. The molecule has 0 saturated heterocycles. The zero-order chi connectivity index (χ0) is 18.8. The lowest BCUT2D eigenvalue weighted by Gasteiger charge is -2.08. The number of furan rings is 1. The summed E-state index contributed by atoms with van der Waals surface area (Å²) in [5, 5.41) is 10.2. The van der Waals surface area contributed by atoms with Crippen molar-refractivity contribution in [3.63, 3.8) is 0 Å². The van der Waals surface area contributed by atoms with E-state index >= 15 is 0 Å². The molecule has 8 heteroatoms. The highest BCUT2D eigenvalue weighted by atomic mass is 32.2. The number of hydrogen-bond acceptors (Lipinski definition) is 7. The molecule has 0 radical (unpaired) electrons. The molecule has 1 aromatic carbocycles. The van der Waals surface area contributed by atoms with Crippen LogP contribution in [0.15, 0.2) is 61.4 Å². The third-order valence-corrected chi connectivity index (χ3v) is 5.18. The first kappa shape index (κ1) is 17.4. The van der Waals surface area contributed by atoms with Gasteiger partial charge in [-0.1, -0.05) is 11.8 Å². The third kappa shape index (κ3) is 3.35. The van der Waals surface area contributed by atoms with Crippen molar-refractivity contribution in [1.29, 1.82) is 0 Å². The third-order valence-electron chi connectivity index (χ3n) is 4.17. The van der Waals surface area contributed by atoms with Gasteiger partial charge in [-0.15, -0.1) is 10.2 Å². The van der Waals surface area contributed by atoms with Crippen LogP contribution in [0.2, 0.25) is 0 Å². The maximum Gasteiger partial charge on any atom is 0.336 e. The van der Waals surface area contributed by atoms with Gasteiger partial charge in [-0.25, -0.2) is 4.79 Å². The normalized spacial score (nSPS) is 11.2. The Hall–Kier alpha value is -3.00. The number of methoxy groups -OCH3 is 1. The first-order valence-electron chi connectivity index (χ1n) is 8.40. The van der Waals surface area contributed by atoms with Gasteiger partial charge in [0.25, 0.3) is 0 Å². The molecular formula is C19H17N3O4S. The summed E-state index contributed by atoms with van der Waals surface area (Å²) in [5.74, 6) is 2.57. The Morgan fingerprint density at radius 1 is 1.22 bits per heavy atom. The van der Waals surface area contributed by atoms with Gasteiger partial charge in [0.15, 0.2) is 16.7 Å². The van der Waals surface area contributed by atoms with Crippen molar-refractivity contribution in [2.75, 3.05) is 7.11 Å². The minimum atomic E-state index is -0.389. The molecule has 0 aliphatic carbocycles. The van der Waals surface area contributed by atoms with E-state index in [0.717, 1.165) is 16.1 Å². The van der Waals surface area contributed by atoms with Crippen LogP contribution in [0.4, 0.5) is 0 Å². The van der Waals surface area contributed by atoms with Crippen LogP contribution in [0.3, 0.4) is 0 Å². The Morgan fingerprint density at radius 2 is 2.11 bits per heavy atom. The highest BCUT2D eigenvalue weighted by Crippen LogP contribution is 2.29. The number of rotatable bonds is 6. The lowest BCUT2D eigenvalue weighted by atomic mass is 10.1. The van der Waals surface area contributed by atoms with Crippen LogP contribution in [0.5, 0.6) is 5.75 Å². The molecule has 138 valence electrons. The van der Waals surface area contributed by atoms with Crippen molar-refractivity contribution < 1.29 is 13.6 Å². The van der Waals surface area contributed by atoms with E-state index in [4.69, 9.17) is 13.6 Å². The Kier molecular flexibility index (Phi) is 4.72. The lowest BCUT2D eigenvalue weighted by Crippen LogP contribution is -2.02. The average molecular weight is 383 g/mol. The van der Waals surface area contributed by atoms with E-state index in [1.165, 1.54) is 17.8 Å². The fourth-order valence-electron chi connectivity index (χ4n) is 2.87. The Labute approximate surface area is 159 Å². The predicted octanol–water partition coefficient (Wildman–Crippen LogP) is 3.97. The molecule has 0 aliphatic rings. The van der Waals surface area contributed by atoms with E-state index in [1.807, 2.05) is 35.8 Å². The second-order valence-electron chi connectivity index (χ2n) is 5.77. The fourth-order valence-corrected chi connectivity index (χ4v) is 3.86. The van der Waals surface area contributed by atoms with Gasteiger partial charge in [0, 0.05) is 29.8 Å². The van der Waals surface area contributed by atoms with E-state index in [9.17, 15) is 4.79 Å². The van der Waals surface area contributed by atoms with Crippen molar-refractivity contribution in [3.05, 3.63) is 58.6 Å². The summed E-state index contributed by atoms with van der Waals surface area (Å²) in [6.07, 6.45) is 1.61. The second-order valence-corrected chi connectivity index (χ2v) is 6.71. The topological polar surface area (TPSA) is 83.3 Å². The van der Waals surface area contributed by atoms with E-state index in [0.29, 0.717) is 35.2 Å². The quantitative estimate of drug-likeness (QED) is 0.368. The van der Waals surface area contributed by atoms with Crippen LogP contribution in [0.1, 0.15) is 12.5 Å². The first-order chi connectivity index (χ1) is 13.2. The summed E-state index contributed by atoms with van der Waals surface area (Å²) >= 11 is 1.51. The van der Waals surface area contributed by atoms with Crippen LogP contribution in [0, 0.1) is 0 Å². The number of aromatic nitrogens is 3. The van der Waals surface area contributed by atoms with Crippen molar-refractivity contribution >= 4 is 22.7 Å². The van der Waals surface area contributed by atoms with Gasteiger partial charge in [-0.05, 0) is 36.8 Å². The van der Waals surface area contributed by atoms with E-state index in [-0.39, 0.29) is 5.63 Å². The minimum Gasteiger partial charge on any atom is -0.497 e. The number of nitrogens with zero attached hydrogens (tertiary/aromatic N) is 3. The molecule has 0 atom stereocenters. The molecule has 4 aromatic rings. The summed E-state index contributed by atoms with van der Waals surface area (Å²) in [5.41, 5.74) is 0.990. The lowest BCUT2D eigenvalue weighted by molar-refractivity contribution is 0.414. The minimum absolute atomic E-state index is 0.389. The molecule has 4 rings (SSSR count). The molecule has 0 bridgehead atoms. The number of hydrogen-bond donors (Lipinski definition) is 0. The summed E-state index contributed by atoms with van der Waals surface area (Å²) in [4.78, 5) is 11.9. The van der Waals surface area contributed by atoms with Crippen molar-refractivity contribution in [3.8, 4) is 17.3 Å². The largest absolute Gasteiger partial charge is 0.497 e. The first-order valence-corrected chi connectivity index (χ1v) is 9.39. The van der Waals surface area contributed by atoms with Crippen LogP contribution >= 0.6 is 11.8 Å². The summed E-state index contributed by atoms with van der Waals surface area (Å²) in [7, 11) is 1.58. The van der Waals surface area contributed by atoms with Gasteiger partial charge in [0.2, 0.25) is 0 Å². The summed E-state index contributed by atoms with van der Waals surface area (Å²) < 4.78 is 17.9. The van der Waals surface area contributed by atoms with Crippen molar-refractivity contribution in [2.24, 2.45) is 0 Å². The molecule has 27 heavy (non-hydrogen) atoms.